The summed E-state index contributed by atoms with van der Waals surface area (Å²) < 4.78 is 16.8. The first kappa shape index (κ1) is 18.8. The normalized spacial score (nSPS) is 12.4. The van der Waals surface area contributed by atoms with Crippen LogP contribution in [-0.4, -0.2) is 30.3 Å². The molecule has 0 saturated carbocycles. The quantitative estimate of drug-likeness (QED) is 0.562. The van der Waals surface area contributed by atoms with Gasteiger partial charge in [0.15, 0.2) is 11.5 Å². The van der Waals surface area contributed by atoms with E-state index in [1.807, 2.05) is 49.6 Å². The summed E-state index contributed by atoms with van der Waals surface area (Å²) in [7, 11) is 0. The number of nitrogens with zero attached hydrogens (tertiary/aromatic N) is 5. The molecule has 1 aromatic carbocycles. The standard InChI is InChI=1S/C21H21FN6O/c1-13(2)19-17(12-23-28(19)16-9-7-15(22)8-10-16)21(29)24-14(3)20-26-25-18-6-4-5-11-27(18)20/h4-14H,1-3H3,(H,24,29). The van der Waals surface area contributed by atoms with Crippen molar-refractivity contribution < 1.29 is 9.18 Å². The van der Waals surface area contributed by atoms with Gasteiger partial charge in [0.25, 0.3) is 5.91 Å². The predicted molar refractivity (Wildman–Crippen MR) is 106 cm³/mol. The number of pyridine rings is 1. The Morgan fingerprint density at radius 2 is 1.83 bits per heavy atom. The molecule has 0 radical (unpaired) electrons. The van der Waals surface area contributed by atoms with Crippen molar-refractivity contribution >= 4 is 11.6 Å². The third-order valence-electron chi connectivity index (χ3n) is 4.74. The number of rotatable bonds is 5. The number of hydrogen-bond donors (Lipinski definition) is 1. The zero-order chi connectivity index (χ0) is 20.5. The molecule has 1 amide bonds. The van der Waals surface area contributed by atoms with E-state index in [9.17, 15) is 9.18 Å². The Morgan fingerprint density at radius 3 is 2.55 bits per heavy atom. The Bertz CT molecular complexity index is 1160. The number of nitrogens with one attached hydrogen (secondary N) is 1. The molecular weight excluding hydrogens is 371 g/mol. The van der Waals surface area contributed by atoms with Crippen LogP contribution in [0.5, 0.6) is 0 Å². The second kappa shape index (κ2) is 7.46. The smallest absolute Gasteiger partial charge is 0.255 e. The predicted octanol–water partition coefficient (Wildman–Crippen LogP) is 3.67. The maximum Gasteiger partial charge on any atom is 0.255 e. The summed E-state index contributed by atoms with van der Waals surface area (Å²) in [4.78, 5) is 13.0. The lowest BCUT2D eigenvalue weighted by atomic mass is 10.0. The van der Waals surface area contributed by atoms with E-state index in [-0.39, 0.29) is 23.7 Å². The first-order valence-electron chi connectivity index (χ1n) is 9.40. The third-order valence-corrected chi connectivity index (χ3v) is 4.74. The molecule has 148 valence electrons. The highest BCUT2D eigenvalue weighted by atomic mass is 19.1. The first-order chi connectivity index (χ1) is 14.0. The number of carbonyl (C=O) groups excluding carboxylic acids is 1. The van der Waals surface area contributed by atoms with Gasteiger partial charge >= 0.3 is 0 Å². The van der Waals surface area contributed by atoms with Crippen molar-refractivity contribution in [3.63, 3.8) is 0 Å². The highest BCUT2D eigenvalue weighted by Crippen LogP contribution is 2.24. The number of halogens is 1. The molecule has 0 aliphatic rings. The number of benzene rings is 1. The van der Waals surface area contributed by atoms with Gasteiger partial charge in [0.2, 0.25) is 0 Å². The molecule has 3 heterocycles. The molecule has 0 aliphatic carbocycles. The fraction of sp³-hybridized carbons (Fsp3) is 0.238. The van der Waals surface area contributed by atoms with Crippen LogP contribution in [0.1, 0.15) is 54.6 Å². The molecule has 29 heavy (non-hydrogen) atoms. The van der Waals surface area contributed by atoms with Gasteiger partial charge in [-0.2, -0.15) is 5.10 Å². The highest BCUT2D eigenvalue weighted by molar-refractivity contribution is 5.95. The fourth-order valence-corrected chi connectivity index (χ4v) is 3.37. The van der Waals surface area contributed by atoms with E-state index in [0.717, 1.165) is 11.3 Å². The lowest BCUT2D eigenvalue weighted by Gasteiger charge is -2.15. The minimum Gasteiger partial charge on any atom is -0.342 e. The van der Waals surface area contributed by atoms with Gasteiger partial charge in [0.05, 0.1) is 29.2 Å². The Hall–Kier alpha value is -3.55. The van der Waals surface area contributed by atoms with E-state index in [1.54, 1.807) is 23.0 Å². The molecule has 0 aliphatic heterocycles. The Morgan fingerprint density at radius 1 is 1.07 bits per heavy atom. The molecule has 0 fully saturated rings. The highest BCUT2D eigenvalue weighted by Gasteiger charge is 2.23. The molecule has 4 rings (SSSR count). The SMILES string of the molecule is CC(C)c1c(C(=O)NC(C)c2nnc3ccccn23)cnn1-c1ccc(F)cc1. The van der Waals surface area contributed by atoms with Gasteiger partial charge in [0.1, 0.15) is 5.82 Å². The van der Waals surface area contributed by atoms with E-state index >= 15 is 0 Å². The summed E-state index contributed by atoms with van der Waals surface area (Å²) in [6.07, 6.45) is 3.40. The second-order valence-corrected chi connectivity index (χ2v) is 7.17. The molecule has 3 aromatic heterocycles. The molecule has 0 bridgehead atoms. The molecule has 0 saturated heterocycles. The van der Waals surface area contributed by atoms with Crippen LogP contribution < -0.4 is 5.32 Å². The van der Waals surface area contributed by atoms with Crippen LogP contribution in [0.25, 0.3) is 11.3 Å². The number of amides is 1. The molecule has 7 nitrogen and oxygen atoms in total. The minimum absolute atomic E-state index is 0.0348. The van der Waals surface area contributed by atoms with E-state index in [4.69, 9.17) is 0 Å². The van der Waals surface area contributed by atoms with E-state index in [1.165, 1.54) is 12.1 Å². The van der Waals surface area contributed by atoms with Gasteiger partial charge in [0, 0.05) is 6.20 Å². The molecule has 1 unspecified atom stereocenters. The van der Waals surface area contributed by atoms with Crippen LogP contribution in [0.2, 0.25) is 0 Å². The molecule has 1 atom stereocenters. The van der Waals surface area contributed by atoms with Crippen LogP contribution in [-0.2, 0) is 0 Å². The summed E-state index contributed by atoms with van der Waals surface area (Å²) in [5.41, 5.74) is 2.65. The average Bonchev–Trinajstić information content (AvgIpc) is 3.33. The molecular formula is C21H21FN6O. The maximum atomic E-state index is 13.3. The lowest BCUT2D eigenvalue weighted by molar-refractivity contribution is 0.0936. The van der Waals surface area contributed by atoms with Gasteiger partial charge in [-0.25, -0.2) is 9.07 Å². The average molecular weight is 392 g/mol. The Balaban J connectivity index is 1.64. The number of fused-ring (bicyclic) bond motifs is 1. The van der Waals surface area contributed by atoms with E-state index in [0.29, 0.717) is 17.1 Å². The fourth-order valence-electron chi connectivity index (χ4n) is 3.37. The molecule has 0 spiro atoms. The summed E-state index contributed by atoms with van der Waals surface area (Å²) in [6, 6.07) is 11.3. The third kappa shape index (κ3) is 3.49. The van der Waals surface area contributed by atoms with Crippen LogP contribution in [0, 0.1) is 5.82 Å². The largest absolute Gasteiger partial charge is 0.342 e. The lowest BCUT2D eigenvalue weighted by Crippen LogP contribution is -2.28. The number of carbonyl (C=O) groups is 1. The van der Waals surface area contributed by atoms with Crippen molar-refractivity contribution in [2.24, 2.45) is 0 Å². The van der Waals surface area contributed by atoms with E-state index in [2.05, 4.69) is 20.6 Å². The molecule has 8 heteroatoms. The minimum atomic E-state index is -0.353. The van der Waals surface area contributed by atoms with Crippen molar-refractivity contribution in [1.29, 1.82) is 0 Å². The summed E-state index contributed by atoms with van der Waals surface area (Å²) >= 11 is 0. The van der Waals surface area contributed by atoms with Crippen molar-refractivity contribution in [3.8, 4) is 5.69 Å². The van der Waals surface area contributed by atoms with Crippen LogP contribution in [0.4, 0.5) is 4.39 Å². The van der Waals surface area contributed by atoms with Gasteiger partial charge in [-0.05, 0) is 49.2 Å². The Labute approximate surface area is 167 Å². The van der Waals surface area contributed by atoms with Crippen LogP contribution in [0.15, 0.2) is 54.9 Å². The molecule has 4 aromatic rings. The van der Waals surface area contributed by atoms with Crippen molar-refractivity contribution in [2.75, 3.05) is 0 Å². The van der Waals surface area contributed by atoms with Crippen LogP contribution in [0.3, 0.4) is 0 Å². The van der Waals surface area contributed by atoms with E-state index < -0.39 is 0 Å². The second-order valence-electron chi connectivity index (χ2n) is 7.17. The van der Waals surface area contributed by atoms with Crippen molar-refractivity contribution in [2.45, 2.75) is 32.7 Å². The molecule has 1 N–H and O–H groups in total. The summed E-state index contributed by atoms with van der Waals surface area (Å²) in [5.74, 6) is 0.111. The maximum absolute atomic E-state index is 13.3. The Kier molecular flexibility index (Phi) is 4.84. The van der Waals surface area contributed by atoms with Crippen molar-refractivity contribution in [1.82, 2.24) is 29.7 Å². The van der Waals surface area contributed by atoms with Gasteiger partial charge in [-0.15, -0.1) is 10.2 Å². The van der Waals surface area contributed by atoms with Gasteiger partial charge in [-0.1, -0.05) is 19.9 Å². The number of aromatic nitrogens is 5. The number of hydrogen-bond acceptors (Lipinski definition) is 4. The van der Waals surface area contributed by atoms with Gasteiger partial charge < -0.3 is 5.32 Å². The topological polar surface area (TPSA) is 77.1 Å². The summed E-state index contributed by atoms with van der Waals surface area (Å²) in [6.45, 7) is 5.84. The summed E-state index contributed by atoms with van der Waals surface area (Å²) in [5, 5.41) is 15.7. The first-order valence-corrected chi connectivity index (χ1v) is 9.40. The zero-order valence-electron chi connectivity index (χ0n) is 16.4. The van der Waals surface area contributed by atoms with Crippen LogP contribution >= 0.6 is 0 Å². The monoisotopic (exact) mass is 392 g/mol. The van der Waals surface area contributed by atoms with Crippen molar-refractivity contribution in [3.05, 3.63) is 77.8 Å². The zero-order valence-corrected chi connectivity index (χ0v) is 16.4. The van der Waals surface area contributed by atoms with Gasteiger partial charge in [-0.3, -0.25) is 9.20 Å².